The van der Waals surface area contributed by atoms with Crippen molar-refractivity contribution in [3.63, 3.8) is 0 Å². The summed E-state index contributed by atoms with van der Waals surface area (Å²) in [6.07, 6.45) is 1.18. The standard InChI is InChI=1S/C25H25N7O5/c26-11-12-31(14-20(34)35)19(33)13-32-16-29-21-23(27-15-28-24(21)32)30-25(36)37-22(17-7-3-1-4-8-17)18-9-5-2-6-10-18/h1-10,15-16,22H,11-14,26H2,(H,34,35)(H,27,28,30,36). The van der Waals surface area contributed by atoms with Crippen LogP contribution in [0.15, 0.2) is 73.3 Å². The largest absolute Gasteiger partial charge is 0.480 e. The highest BCUT2D eigenvalue weighted by Gasteiger charge is 2.22. The Labute approximate surface area is 211 Å². The average Bonchev–Trinajstić information content (AvgIpc) is 3.31. The Bertz CT molecular complexity index is 1340. The van der Waals surface area contributed by atoms with Gasteiger partial charge in [-0.1, -0.05) is 60.7 Å². The fraction of sp³-hybridized carbons (Fsp3) is 0.200. The van der Waals surface area contributed by atoms with Gasteiger partial charge in [0.1, 0.15) is 19.4 Å². The maximum Gasteiger partial charge on any atom is 0.413 e. The van der Waals surface area contributed by atoms with Crippen LogP contribution in [0.2, 0.25) is 0 Å². The van der Waals surface area contributed by atoms with E-state index in [1.807, 2.05) is 60.7 Å². The first kappa shape index (κ1) is 25.3. The third-order valence-corrected chi connectivity index (χ3v) is 5.43. The quantitative estimate of drug-likeness (QED) is 0.293. The highest BCUT2D eigenvalue weighted by molar-refractivity contribution is 5.94. The highest BCUT2D eigenvalue weighted by Crippen LogP contribution is 2.27. The normalized spacial score (nSPS) is 10.9. The lowest BCUT2D eigenvalue weighted by atomic mass is 10.0. The molecule has 0 saturated heterocycles. The number of carbonyl (C=O) groups excluding carboxylic acids is 2. The molecule has 0 unspecified atom stereocenters. The van der Waals surface area contributed by atoms with Gasteiger partial charge in [0.2, 0.25) is 5.91 Å². The Morgan fingerprint density at radius 2 is 1.65 bits per heavy atom. The van der Waals surface area contributed by atoms with Crippen molar-refractivity contribution in [3.05, 3.63) is 84.4 Å². The number of nitrogens with two attached hydrogens (primary N) is 1. The van der Waals surface area contributed by atoms with Gasteiger partial charge in [-0.2, -0.15) is 0 Å². The highest BCUT2D eigenvalue weighted by atomic mass is 16.6. The van der Waals surface area contributed by atoms with Gasteiger partial charge in [0.15, 0.2) is 23.1 Å². The summed E-state index contributed by atoms with van der Waals surface area (Å²) in [5.74, 6) is -1.51. The van der Waals surface area contributed by atoms with Crippen molar-refractivity contribution in [3.8, 4) is 0 Å². The molecule has 12 nitrogen and oxygen atoms in total. The summed E-state index contributed by atoms with van der Waals surface area (Å²) in [6.45, 7) is -0.473. The average molecular weight is 504 g/mol. The third kappa shape index (κ3) is 6.24. The lowest BCUT2D eigenvalue weighted by molar-refractivity contribution is -0.144. The number of carboxylic acid groups (broad SMARTS) is 1. The maximum atomic E-state index is 12.9. The number of nitrogens with zero attached hydrogens (tertiary/aromatic N) is 5. The molecular formula is C25H25N7O5. The number of fused-ring (bicyclic) bond motifs is 1. The Hall–Kier alpha value is -4.84. The monoisotopic (exact) mass is 503 g/mol. The molecule has 4 N–H and O–H groups in total. The molecule has 0 atom stereocenters. The third-order valence-electron chi connectivity index (χ3n) is 5.43. The molecule has 0 aliphatic heterocycles. The van der Waals surface area contributed by atoms with Crippen LogP contribution in [0.5, 0.6) is 0 Å². The van der Waals surface area contributed by atoms with E-state index in [2.05, 4.69) is 20.3 Å². The van der Waals surface area contributed by atoms with Gasteiger partial charge in [0.05, 0.1) is 6.33 Å². The van der Waals surface area contributed by atoms with Crippen LogP contribution in [0.1, 0.15) is 17.2 Å². The van der Waals surface area contributed by atoms with Crippen LogP contribution in [0.25, 0.3) is 11.2 Å². The maximum absolute atomic E-state index is 12.9. The number of rotatable bonds is 10. The number of hydrogen-bond acceptors (Lipinski definition) is 8. The van der Waals surface area contributed by atoms with Crippen molar-refractivity contribution in [1.29, 1.82) is 0 Å². The smallest absolute Gasteiger partial charge is 0.413 e. The van der Waals surface area contributed by atoms with Gasteiger partial charge in [-0.3, -0.25) is 14.9 Å². The van der Waals surface area contributed by atoms with Crippen LogP contribution in [-0.2, 0) is 20.9 Å². The van der Waals surface area contributed by atoms with Gasteiger partial charge in [-0.05, 0) is 11.1 Å². The van der Waals surface area contributed by atoms with Gasteiger partial charge >= 0.3 is 12.1 Å². The number of aliphatic carboxylic acids is 1. The molecule has 0 spiro atoms. The van der Waals surface area contributed by atoms with E-state index in [1.54, 1.807) is 0 Å². The second kappa shape index (κ2) is 11.7. The van der Waals surface area contributed by atoms with Crippen molar-refractivity contribution in [2.24, 2.45) is 5.73 Å². The van der Waals surface area contributed by atoms with E-state index in [-0.39, 0.29) is 36.6 Å². The zero-order valence-corrected chi connectivity index (χ0v) is 19.7. The topological polar surface area (TPSA) is 166 Å². The first-order chi connectivity index (χ1) is 18.0. The fourth-order valence-corrected chi connectivity index (χ4v) is 3.76. The van der Waals surface area contributed by atoms with Crippen LogP contribution in [0.3, 0.4) is 0 Å². The minimum atomic E-state index is -1.14. The van der Waals surface area contributed by atoms with E-state index in [0.29, 0.717) is 0 Å². The van der Waals surface area contributed by atoms with E-state index < -0.39 is 30.6 Å². The minimum absolute atomic E-state index is 0.0926. The Kier molecular flexibility index (Phi) is 8.01. The number of aromatic nitrogens is 4. The number of benzene rings is 2. The van der Waals surface area contributed by atoms with Crippen LogP contribution >= 0.6 is 0 Å². The van der Waals surface area contributed by atoms with Crippen molar-refractivity contribution >= 4 is 35.0 Å². The molecule has 37 heavy (non-hydrogen) atoms. The number of carboxylic acids is 1. The summed E-state index contributed by atoms with van der Waals surface area (Å²) in [6, 6.07) is 18.7. The van der Waals surface area contributed by atoms with Gasteiger partial charge in [0.25, 0.3) is 0 Å². The molecule has 2 aromatic heterocycles. The van der Waals surface area contributed by atoms with Crippen molar-refractivity contribution in [1.82, 2.24) is 24.4 Å². The second-order valence-corrected chi connectivity index (χ2v) is 8.00. The lowest BCUT2D eigenvalue weighted by Gasteiger charge is -2.20. The van der Waals surface area contributed by atoms with Crippen molar-refractivity contribution < 1.29 is 24.2 Å². The molecule has 190 valence electrons. The van der Waals surface area contributed by atoms with Crippen LogP contribution in [0, 0.1) is 0 Å². The van der Waals surface area contributed by atoms with Crippen LogP contribution in [-0.4, -0.2) is 67.1 Å². The SMILES string of the molecule is NCCN(CC(=O)O)C(=O)Cn1cnc2c(NC(=O)OC(c3ccccc3)c3ccccc3)ncnc21. The molecule has 0 aliphatic carbocycles. The van der Waals surface area contributed by atoms with Crippen LogP contribution in [0.4, 0.5) is 10.6 Å². The van der Waals surface area contributed by atoms with Gasteiger partial charge in [-0.25, -0.2) is 19.7 Å². The summed E-state index contributed by atoms with van der Waals surface area (Å²) < 4.78 is 7.21. The molecule has 0 aliphatic rings. The van der Waals surface area contributed by atoms with E-state index in [1.165, 1.54) is 17.2 Å². The van der Waals surface area contributed by atoms with E-state index in [9.17, 15) is 14.4 Å². The predicted molar refractivity (Wildman–Crippen MR) is 133 cm³/mol. The number of nitrogens with one attached hydrogen (secondary N) is 1. The number of amides is 2. The van der Waals surface area contributed by atoms with E-state index in [4.69, 9.17) is 15.6 Å². The zero-order valence-electron chi connectivity index (χ0n) is 19.7. The lowest BCUT2D eigenvalue weighted by Crippen LogP contribution is -2.40. The molecule has 0 radical (unpaired) electrons. The number of imidazole rings is 1. The molecule has 4 aromatic rings. The number of hydrogen-bond donors (Lipinski definition) is 3. The Balaban J connectivity index is 1.52. The molecule has 2 heterocycles. The van der Waals surface area contributed by atoms with Crippen molar-refractivity contribution in [2.75, 3.05) is 25.0 Å². The molecule has 12 heteroatoms. The summed E-state index contributed by atoms with van der Waals surface area (Å²) in [4.78, 5) is 50.3. The summed E-state index contributed by atoms with van der Waals surface area (Å²) >= 11 is 0. The number of carbonyl (C=O) groups is 3. The fourth-order valence-electron chi connectivity index (χ4n) is 3.76. The Morgan fingerprint density at radius 1 is 1.00 bits per heavy atom. The summed E-state index contributed by atoms with van der Waals surface area (Å²) in [5.41, 5.74) is 7.62. The first-order valence-electron chi connectivity index (χ1n) is 11.4. The van der Waals surface area contributed by atoms with Gasteiger partial charge in [-0.15, -0.1) is 0 Å². The van der Waals surface area contributed by atoms with E-state index >= 15 is 0 Å². The second-order valence-electron chi connectivity index (χ2n) is 8.00. The number of anilines is 1. The number of ether oxygens (including phenoxy) is 1. The summed E-state index contributed by atoms with van der Waals surface area (Å²) in [5, 5.41) is 11.7. The summed E-state index contributed by atoms with van der Waals surface area (Å²) in [7, 11) is 0. The molecule has 4 rings (SSSR count). The molecular weight excluding hydrogens is 478 g/mol. The predicted octanol–water partition coefficient (Wildman–Crippen LogP) is 2.04. The Morgan fingerprint density at radius 3 is 2.24 bits per heavy atom. The molecule has 2 amide bonds. The van der Waals surface area contributed by atoms with Gasteiger partial charge in [0, 0.05) is 13.1 Å². The van der Waals surface area contributed by atoms with Crippen LogP contribution < -0.4 is 11.1 Å². The molecule has 0 saturated carbocycles. The molecule has 0 bridgehead atoms. The van der Waals surface area contributed by atoms with Crippen molar-refractivity contribution in [2.45, 2.75) is 12.6 Å². The first-order valence-corrected chi connectivity index (χ1v) is 11.4. The minimum Gasteiger partial charge on any atom is -0.480 e. The van der Waals surface area contributed by atoms with E-state index in [0.717, 1.165) is 16.0 Å². The molecule has 2 aromatic carbocycles. The zero-order chi connectivity index (χ0) is 26.2. The molecule has 0 fully saturated rings. The van der Waals surface area contributed by atoms with Gasteiger partial charge < -0.3 is 25.0 Å².